The number of nitrogens with zero attached hydrogens (tertiary/aromatic N) is 2. The van der Waals surface area contributed by atoms with Crippen molar-refractivity contribution in [3.63, 3.8) is 0 Å². The second kappa shape index (κ2) is 5.72. The van der Waals surface area contributed by atoms with Crippen LogP contribution in [-0.4, -0.2) is 9.97 Å². The summed E-state index contributed by atoms with van der Waals surface area (Å²) >= 11 is 0. The summed E-state index contributed by atoms with van der Waals surface area (Å²) in [4.78, 5) is 8.69. The Bertz CT molecular complexity index is 794. The van der Waals surface area contributed by atoms with Crippen LogP contribution in [0.25, 0.3) is 22.4 Å². The molecule has 2 aromatic carbocycles. The molecule has 0 amide bonds. The maximum absolute atomic E-state index is 4.53. The number of aryl methyl sites for hydroxylation is 1. The monoisotopic (exact) mass is 285 g/mol. The fourth-order valence-corrected chi connectivity index (χ4v) is 3.32. The van der Waals surface area contributed by atoms with Crippen molar-refractivity contribution in [2.45, 2.75) is 25.7 Å². The van der Waals surface area contributed by atoms with Gasteiger partial charge in [0.25, 0.3) is 0 Å². The van der Waals surface area contributed by atoms with Gasteiger partial charge in [0.1, 0.15) is 12.5 Å². The van der Waals surface area contributed by atoms with Crippen LogP contribution in [0.5, 0.6) is 0 Å². The van der Waals surface area contributed by atoms with Gasteiger partial charge in [-0.15, -0.1) is 0 Å². The maximum atomic E-state index is 4.53. The first-order valence-electron chi connectivity index (χ1n) is 7.83. The molecule has 1 aliphatic rings. The lowest BCUT2D eigenvalue weighted by atomic mass is 9.85. The quantitative estimate of drug-likeness (QED) is 0.693. The van der Waals surface area contributed by atoms with E-state index in [2.05, 4.69) is 46.5 Å². The van der Waals surface area contributed by atoms with Crippen molar-refractivity contribution in [2.75, 3.05) is 0 Å². The van der Waals surface area contributed by atoms with Crippen LogP contribution in [0.4, 0.5) is 0 Å². The van der Waals surface area contributed by atoms with Gasteiger partial charge < -0.3 is 0 Å². The van der Waals surface area contributed by atoms with Gasteiger partial charge in [0.05, 0.1) is 5.69 Å². The number of rotatable bonds is 2. The van der Waals surface area contributed by atoms with Gasteiger partial charge in [-0.2, -0.15) is 0 Å². The van der Waals surface area contributed by atoms with Crippen LogP contribution in [0.3, 0.4) is 0 Å². The van der Waals surface area contributed by atoms with Crippen molar-refractivity contribution in [1.29, 1.82) is 0 Å². The van der Waals surface area contributed by atoms with Crippen LogP contribution in [-0.2, 0) is 12.8 Å². The van der Waals surface area contributed by atoms with Gasteiger partial charge in [0.2, 0.25) is 0 Å². The average Bonchev–Trinajstić information content (AvgIpc) is 2.62. The van der Waals surface area contributed by atoms with E-state index in [1.165, 1.54) is 36.0 Å². The summed E-state index contributed by atoms with van der Waals surface area (Å²) < 4.78 is 0. The van der Waals surface area contributed by atoms with E-state index in [0.29, 0.717) is 0 Å². The lowest BCUT2D eigenvalue weighted by Gasteiger charge is -2.20. The molecule has 0 saturated carbocycles. The van der Waals surface area contributed by atoms with Crippen molar-refractivity contribution < 1.29 is 0 Å². The fraction of sp³-hybridized carbons (Fsp3) is 0.200. The van der Waals surface area contributed by atoms with Gasteiger partial charge in [-0.1, -0.05) is 48.5 Å². The van der Waals surface area contributed by atoms with E-state index in [-0.39, 0.29) is 0 Å². The Morgan fingerprint density at radius 1 is 0.864 bits per heavy atom. The fourth-order valence-electron chi connectivity index (χ4n) is 3.32. The zero-order chi connectivity index (χ0) is 14.8. The summed E-state index contributed by atoms with van der Waals surface area (Å²) in [6.07, 6.45) is 9.64. The minimum Gasteiger partial charge on any atom is -0.236 e. The Morgan fingerprint density at radius 2 is 1.73 bits per heavy atom. The molecular weight excluding hydrogens is 268 g/mol. The van der Waals surface area contributed by atoms with Crippen LogP contribution in [0.2, 0.25) is 0 Å². The van der Waals surface area contributed by atoms with E-state index in [1.54, 1.807) is 6.33 Å². The average molecular weight is 285 g/mol. The Kier molecular flexibility index (Phi) is 3.43. The van der Waals surface area contributed by atoms with Crippen LogP contribution < -0.4 is 0 Å². The summed E-state index contributed by atoms with van der Waals surface area (Å²) in [5.41, 5.74) is 7.28. The van der Waals surface area contributed by atoms with E-state index in [9.17, 15) is 0 Å². The molecule has 0 bridgehead atoms. The molecule has 22 heavy (non-hydrogen) atoms. The van der Waals surface area contributed by atoms with E-state index in [0.717, 1.165) is 23.2 Å². The molecule has 4 rings (SSSR count). The number of hydrogen-bond acceptors (Lipinski definition) is 2. The first-order valence-corrected chi connectivity index (χ1v) is 7.83. The molecule has 0 spiro atoms. The molecule has 1 aliphatic carbocycles. The predicted molar refractivity (Wildman–Crippen MR) is 88.4 cm³/mol. The SMILES string of the molecule is [c]1ncnc(-c2ccccc2)c1-c1cccc2c1CCCC2. The normalized spacial score (nSPS) is 13.6. The molecule has 0 unspecified atom stereocenters. The first-order chi connectivity index (χ1) is 10.9. The minimum absolute atomic E-state index is 0.967. The highest BCUT2D eigenvalue weighted by Crippen LogP contribution is 2.35. The molecule has 0 atom stereocenters. The van der Waals surface area contributed by atoms with Crippen molar-refractivity contribution in [2.24, 2.45) is 0 Å². The number of benzene rings is 2. The first kappa shape index (κ1) is 13.2. The third-order valence-corrected chi connectivity index (χ3v) is 4.37. The molecule has 3 aromatic rings. The van der Waals surface area contributed by atoms with Crippen LogP contribution in [0.15, 0.2) is 54.9 Å². The summed E-state index contributed by atoms with van der Waals surface area (Å²) in [5.74, 6) is 0. The van der Waals surface area contributed by atoms with Gasteiger partial charge >= 0.3 is 0 Å². The van der Waals surface area contributed by atoms with E-state index < -0.39 is 0 Å². The minimum atomic E-state index is 0.967. The molecular formula is C20H17N2. The van der Waals surface area contributed by atoms with E-state index >= 15 is 0 Å². The maximum Gasteiger partial charge on any atom is 0.116 e. The number of hydrogen-bond donors (Lipinski definition) is 0. The second-order valence-corrected chi connectivity index (χ2v) is 5.73. The van der Waals surface area contributed by atoms with Crippen molar-refractivity contribution in [3.05, 3.63) is 72.2 Å². The van der Waals surface area contributed by atoms with Gasteiger partial charge in [-0.05, 0) is 42.4 Å². The van der Waals surface area contributed by atoms with Gasteiger partial charge in [0.15, 0.2) is 0 Å². The standard InChI is InChI=1S/C20H17N2/c1-2-8-16(9-3-1)20-19(13-21-14-22-20)18-12-6-10-15-7-4-5-11-17(15)18/h1-3,6,8-10,12,14H,4-5,7,11H2. The summed E-state index contributed by atoms with van der Waals surface area (Å²) in [5, 5.41) is 0. The summed E-state index contributed by atoms with van der Waals surface area (Å²) in [6, 6.07) is 16.9. The van der Waals surface area contributed by atoms with Crippen LogP contribution in [0.1, 0.15) is 24.0 Å². The lowest BCUT2D eigenvalue weighted by Crippen LogP contribution is -2.05. The molecule has 0 saturated heterocycles. The topological polar surface area (TPSA) is 25.8 Å². The number of fused-ring (bicyclic) bond motifs is 1. The van der Waals surface area contributed by atoms with E-state index in [1.807, 2.05) is 18.2 Å². The van der Waals surface area contributed by atoms with Crippen molar-refractivity contribution in [1.82, 2.24) is 9.97 Å². The summed E-state index contributed by atoms with van der Waals surface area (Å²) in [6.45, 7) is 0. The predicted octanol–water partition coefficient (Wildman–Crippen LogP) is 4.49. The third-order valence-electron chi connectivity index (χ3n) is 4.37. The van der Waals surface area contributed by atoms with Gasteiger partial charge in [-0.25, -0.2) is 9.97 Å². The molecule has 0 N–H and O–H groups in total. The highest BCUT2D eigenvalue weighted by molar-refractivity contribution is 5.81. The molecule has 0 aliphatic heterocycles. The largest absolute Gasteiger partial charge is 0.236 e. The van der Waals surface area contributed by atoms with Crippen LogP contribution in [0, 0.1) is 6.20 Å². The van der Waals surface area contributed by atoms with E-state index in [4.69, 9.17) is 0 Å². The van der Waals surface area contributed by atoms with Crippen molar-refractivity contribution in [3.8, 4) is 22.4 Å². The highest BCUT2D eigenvalue weighted by Gasteiger charge is 2.17. The van der Waals surface area contributed by atoms with Crippen LogP contribution >= 0.6 is 0 Å². The second-order valence-electron chi connectivity index (χ2n) is 5.73. The molecule has 1 heterocycles. The lowest BCUT2D eigenvalue weighted by molar-refractivity contribution is 0.687. The van der Waals surface area contributed by atoms with Gasteiger partial charge in [-0.3, -0.25) is 0 Å². The Morgan fingerprint density at radius 3 is 2.64 bits per heavy atom. The zero-order valence-electron chi connectivity index (χ0n) is 12.4. The van der Waals surface area contributed by atoms with Crippen molar-refractivity contribution >= 4 is 0 Å². The Hall–Kier alpha value is -2.48. The molecule has 2 nitrogen and oxygen atoms in total. The summed E-state index contributed by atoms with van der Waals surface area (Å²) in [7, 11) is 0. The molecule has 1 aromatic heterocycles. The third kappa shape index (κ3) is 2.31. The molecule has 107 valence electrons. The molecule has 2 heteroatoms. The molecule has 1 radical (unpaired) electrons. The smallest absolute Gasteiger partial charge is 0.116 e. The zero-order valence-corrected chi connectivity index (χ0v) is 12.4. The Balaban J connectivity index is 1.91. The highest BCUT2D eigenvalue weighted by atomic mass is 14.8. The van der Waals surface area contributed by atoms with Gasteiger partial charge in [0, 0.05) is 11.1 Å². The number of aromatic nitrogens is 2. The molecule has 0 fully saturated rings. The Labute approximate surface area is 130 Å².